The molecule has 0 spiro atoms. The van der Waals surface area contributed by atoms with E-state index in [1.807, 2.05) is 11.8 Å². The van der Waals surface area contributed by atoms with Gasteiger partial charge in [0, 0.05) is 13.1 Å². The molecule has 1 aliphatic rings. The zero-order valence-corrected chi connectivity index (χ0v) is 11.8. The molecule has 0 aliphatic carbocycles. The number of benzene rings is 1. The molecule has 0 saturated carbocycles. The smallest absolute Gasteiger partial charge is 0.333 e. The molecule has 1 aliphatic heterocycles. The lowest BCUT2D eigenvalue weighted by Gasteiger charge is -2.21. The molecule has 6 heteroatoms. The first-order valence-corrected chi connectivity index (χ1v) is 6.82. The number of hydrogen-bond acceptors (Lipinski definition) is 5. The van der Waals surface area contributed by atoms with Crippen LogP contribution in [0.25, 0.3) is 0 Å². The molecule has 20 heavy (non-hydrogen) atoms. The van der Waals surface area contributed by atoms with Crippen LogP contribution in [0.3, 0.4) is 0 Å². The average Bonchev–Trinajstić information content (AvgIpc) is 2.76. The third-order valence-corrected chi connectivity index (χ3v) is 3.41. The number of ether oxygens (including phenoxy) is 1. The standard InChI is InChI=1S/C14H20N2O4/c1-3-9-20-12-6-4-5-11(13(12)16(18)19)15-8-7-14(2,17)10-15/h4-6,17H,3,7-10H2,1-2H3. The molecule has 6 nitrogen and oxygen atoms in total. The van der Waals surface area contributed by atoms with Crippen molar-refractivity contribution in [1.29, 1.82) is 0 Å². The summed E-state index contributed by atoms with van der Waals surface area (Å²) in [5, 5.41) is 21.4. The quantitative estimate of drug-likeness (QED) is 0.662. The van der Waals surface area contributed by atoms with Gasteiger partial charge in [0.1, 0.15) is 5.69 Å². The Kier molecular flexibility index (Phi) is 4.13. The van der Waals surface area contributed by atoms with Crippen molar-refractivity contribution in [2.75, 3.05) is 24.6 Å². The summed E-state index contributed by atoms with van der Waals surface area (Å²) in [5.74, 6) is 0.292. The minimum atomic E-state index is -0.797. The maximum Gasteiger partial charge on any atom is 0.333 e. The van der Waals surface area contributed by atoms with Crippen molar-refractivity contribution in [3.8, 4) is 5.75 Å². The number of aliphatic hydroxyl groups is 1. The molecule has 1 heterocycles. The van der Waals surface area contributed by atoms with Gasteiger partial charge in [-0.05, 0) is 31.9 Å². The first kappa shape index (κ1) is 14.6. The fourth-order valence-corrected chi connectivity index (χ4v) is 2.43. The van der Waals surface area contributed by atoms with Crippen LogP contribution in [0, 0.1) is 10.1 Å². The van der Waals surface area contributed by atoms with Crippen LogP contribution >= 0.6 is 0 Å². The summed E-state index contributed by atoms with van der Waals surface area (Å²) < 4.78 is 5.47. The maximum atomic E-state index is 11.4. The van der Waals surface area contributed by atoms with E-state index in [9.17, 15) is 15.2 Å². The molecule has 1 aromatic carbocycles. The fraction of sp³-hybridized carbons (Fsp3) is 0.571. The number of para-hydroxylation sites is 1. The van der Waals surface area contributed by atoms with Gasteiger partial charge in [0.25, 0.3) is 0 Å². The van der Waals surface area contributed by atoms with E-state index in [0.717, 1.165) is 6.42 Å². The molecular weight excluding hydrogens is 260 g/mol. The van der Waals surface area contributed by atoms with Crippen LogP contribution in [0.1, 0.15) is 26.7 Å². The van der Waals surface area contributed by atoms with E-state index in [4.69, 9.17) is 4.74 Å². The number of nitro benzene ring substituents is 1. The van der Waals surface area contributed by atoms with Crippen molar-refractivity contribution in [3.63, 3.8) is 0 Å². The second-order valence-electron chi connectivity index (χ2n) is 5.40. The van der Waals surface area contributed by atoms with Gasteiger partial charge in [-0.25, -0.2) is 0 Å². The predicted octanol–water partition coefficient (Wildman–Crippen LogP) is 2.34. The van der Waals surface area contributed by atoms with E-state index in [1.165, 1.54) is 0 Å². The molecule has 0 aromatic heterocycles. The molecule has 110 valence electrons. The first-order valence-electron chi connectivity index (χ1n) is 6.82. The first-order chi connectivity index (χ1) is 9.44. The van der Waals surface area contributed by atoms with Gasteiger partial charge in [0.15, 0.2) is 5.75 Å². The van der Waals surface area contributed by atoms with Gasteiger partial charge >= 0.3 is 5.69 Å². The predicted molar refractivity (Wildman–Crippen MR) is 76.3 cm³/mol. The molecule has 1 unspecified atom stereocenters. The molecule has 1 N–H and O–H groups in total. The van der Waals surface area contributed by atoms with Crippen molar-refractivity contribution < 1.29 is 14.8 Å². The van der Waals surface area contributed by atoms with Gasteiger partial charge in [-0.3, -0.25) is 10.1 Å². The summed E-state index contributed by atoms with van der Waals surface area (Å²) in [6.45, 7) is 5.14. The molecule has 1 fully saturated rings. The SMILES string of the molecule is CCCOc1cccc(N2CCC(C)(O)C2)c1[N+](=O)[O-]. The minimum absolute atomic E-state index is 0.0151. The second kappa shape index (κ2) is 5.66. The fourth-order valence-electron chi connectivity index (χ4n) is 2.43. The van der Waals surface area contributed by atoms with E-state index >= 15 is 0 Å². The second-order valence-corrected chi connectivity index (χ2v) is 5.40. The van der Waals surface area contributed by atoms with Crippen LogP contribution in [0.2, 0.25) is 0 Å². The average molecular weight is 280 g/mol. The third-order valence-electron chi connectivity index (χ3n) is 3.41. The molecule has 0 bridgehead atoms. The number of rotatable bonds is 5. The van der Waals surface area contributed by atoms with Crippen LogP contribution in [0.5, 0.6) is 5.75 Å². The van der Waals surface area contributed by atoms with Crippen LogP contribution in [-0.2, 0) is 0 Å². The number of hydrogen-bond donors (Lipinski definition) is 1. The summed E-state index contributed by atoms with van der Waals surface area (Å²) in [4.78, 5) is 12.8. The maximum absolute atomic E-state index is 11.4. The van der Waals surface area contributed by atoms with Crippen molar-refractivity contribution in [2.45, 2.75) is 32.3 Å². The molecule has 0 amide bonds. The van der Waals surface area contributed by atoms with Crippen LogP contribution in [-0.4, -0.2) is 35.3 Å². The topological polar surface area (TPSA) is 75.8 Å². The largest absolute Gasteiger partial charge is 0.487 e. The zero-order chi connectivity index (χ0) is 14.8. The molecule has 1 aromatic rings. The van der Waals surface area contributed by atoms with E-state index in [2.05, 4.69) is 0 Å². The van der Waals surface area contributed by atoms with Gasteiger partial charge in [-0.2, -0.15) is 0 Å². The van der Waals surface area contributed by atoms with Crippen molar-refractivity contribution in [3.05, 3.63) is 28.3 Å². The van der Waals surface area contributed by atoms with Crippen LogP contribution in [0.4, 0.5) is 11.4 Å². The Morgan fingerprint density at radius 3 is 2.85 bits per heavy atom. The summed E-state index contributed by atoms with van der Waals surface area (Å²) in [6.07, 6.45) is 1.39. The Balaban J connectivity index is 2.35. The van der Waals surface area contributed by atoms with Gasteiger partial charge in [0.2, 0.25) is 0 Å². The lowest BCUT2D eigenvalue weighted by atomic mass is 10.1. The van der Waals surface area contributed by atoms with Gasteiger partial charge in [0.05, 0.1) is 17.1 Å². The van der Waals surface area contributed by atoms with E-state index < -0.39 is 10.5 Å². The molecule has 2 rings (SSSR count). The van der Waals surface area contributed by atoms with E-state index in [-0.39, 0.29) is 5.69 Å². The van der Waals surface area contributed by atoms with E-state index in [0.29, 0.717) is 37.6 Å². The zero-order valence-electron chi connectivity index (χ0n) is 11.8. The summed E-state index contributed by atoms with van der Waals surface area (Å²) in [6, 6.07) is 5.07. The number of nitro groups is 1. The Morgan fingerprint density at radius 2 is 2.30 bits per heavy atom. The lowest BCUT2D eigenvalue weighted by Crippen LogP contribution is -2.29. The van der Waals surface area contributed by atoms with Gasteiger partial charge in [-0.15, -0.1) is 0 Å². The van der Waals surface area contributed by atoms with Crippen molar-refractivity contribution >= 4 is 11.4 Å². The highest BCUT2D eigenvalue weighted by atomic mass is 16.6. The molecule has 1 saturated heterocycles. The van der Waals surface area contributed by atoms with Crippen molar-refractivity contribution in [2.24, 2.45) is 0 Å². The third kappa shape index (κ3) is 3.01. The molecule has 1 atom stereocenters. The summed E-state index contributed by atoms with van der Waals surface area (Å²) >= 11 is 0. The number of anilines is 1. The Labute approximate surface area is 118 Å². The van der Waals surface area contributed by atoms with Gasteiger partial charge in [-0.1, -0.05) is 13.0 Å². The summed E-state index contributed by atoms with van der Waals surface area (Å²) in [5.41, 5.74) is -0.297. The number of nitrogens with zero attached hydrogens (tertiary/aromatic N) is 2. The van der Waals surface area contributed by atoms with E-state index in [1.54, 1.807) is 25.1 Å². The Hall–Kier alpha value is -1.82. The monoisotopic (exact) mass is 280 g/mol. The Morgan fingerprint density at radius 1 is 1.55 bits per heavy atom. The van der Waals surface area contributed by atoms with Crippen molar-refractivity contribution in [1.82, 2.24) is 0 Å². The molecular formula is C14H20N2O4. The highest BCUT2D eigenvalue weighted by Gasteiger charge is 2.35. The minimum Gasteiger partial charge on any atom is -0.487 e. The summed E-state index contributed by atoms with van der Waals surface area (Å²) in [7, 11) is 0. The normalized spacial score (nSPS) is 22.1. The lowest BCUT2D eigenvalue weighted by molar-refractivity contribution is -0.385. The number of β-amino-alcohol motifs (C(OH)–C–C–N with tert-alkyl or cyclic N) is 1. The highest BCUT2D eigenvalue weighted by molar-refractivity contribution is 5.70. The highest BCUT2D eigenvalue weighted by Crippen LogP contribution is 2.39. The molecule has 0 radical (unpaired) electrons. The Bertz CT molecular complexity index is 502. The van der Waals surface area contributed by atoms with Gasteiger partial charge < -0.3 is 14.7 Å². The van der Waals surface area contributed by atoms with Crippen LogP contribution < -0.4 is 9.64 Å². The van der Waals surface area contributed by atoms with Crippen LogP contribution in [0.15, 0.2) is 18.2 Å².